The Morgan fingerprint density at radius 2 is 1.27 bits per heavy atom. The lowest BCUT2D eigenvalue weighted by Crippen LogP contribution is -2.68. The van der Waals surface area contributed by atoms with Gasteiger partial charge in [-0.25, -0.2) is 0 Å². The van der Waals surface area contributed by atoms with E-state index in [9.17, 15) is 14.4 Å². The summed E-state index contributed by atoms with van der Waals surface area (Å²) in [4.78, 5) is 35.8. The quantitative estimate of drug-likeness (QED) is 0.248. The van der Waals surface area contributed by atoms with Crippen molar-refractivity contribution in [3.05, 3.63) is 0 Å². The Hall–Kier alpha value is -1.57. The van der Waals surface area contributed by atoms with Crippen molar-refractivity contribution in [3.63, 3.8) is 0 Å². The average molecular weight is 603 g/mol. The summed E-state index contributed by atoms with van der Waals surface area (Å²) < 4.78 is 48.9. The third-order valence-corrected chi connectivity index (χ3v) is 13.5. The highest BCUT2D eigenvalue weighted by atomic mass is 28.4. The van der Waals surface area contributed by atoms with Crippen LogP contribution in [0.15, 0.2) is 0 Å². The molecule has 4 unspecified atom stereocenters. The Morgan fingerprint density at radius 3 is 1.78 bits per heavy atom. The molecule has 11 nitrogen and oxygen atoms in total. The van der Waals surface area contributed by atoms with E-state index in [0.29, 0.717) is 6.61 Å². The predicted octanol–water partition coefficient (Wildman–Crippen LogP) is 4.04. The van der Waals surface area contributed by atoms with Crippen LogP contribution in [0.1, 0.15) is 83.1 Å². The number of carbonyl (C=O) groups is 3. The number of hydrogen-bond donors (Lipinski definition) is 0. The lowest BCUT2D eigenvalue weighted by atomic mass is 9.85. The molecule has 0 aromatic heterocycles. The van der Waals surface area contributed by atoms with Crippen molar-refractivity contribution in [1.29, 1.82) is 0 Å². The Morgan fingerprint density at radius 1 is 0.756 bits per heavy atom. The monoisotopic (exact) mass is 602 g/mol. The zero-order valence-corrected chi connectivity index (χ0v) is 27.7. The zero-order valence-electron chi connectivity index (χ0n) is 26.7. The van der Waals surface area contributed by atoms with E-state index in [0.717, 1.165) is 0 Å². The summed E-state index contributed by atoms with van der Waals surface area (Å²) in [7, 11) is -2.67. The Kier molecular flexibility index (Phi) is 10.4. The molecule has 3 aliphatic rings. The first-order valence-corrected chi connectivity index (χ1v) is 16.4. The molecule has 10 atom stereocenters. The van der Waals surface area contributed by atoms with Crippen molar-refractivity contribution >= 4 is 26.5 Å². The number of fused-ring (bicyclic) bond motifs is 1. The van der Waals surface area contributed by atoms with E-state index in [1.165, 1.54) is 20.8 Å². The van der Waals surface area contributed by atoms with Gasteiger partial charge in [0.2, 0.25) is 0 Å². The molecule has 0 aromatic carbocycles. The molecule has 0 bridgehead atoms. The van der Waals surface area contributed by atoms with Gasteiger partial charge in [-0.3, -0.25) is 14.4 Å². The van der Waals surface area contributed by atoms with Crippen LogP contribution in [0.4, 0.5) is 0 Å². The second-order valence-corrected chi connectivity index (χ2v) is 18.5. The molecule has 3 rings (SSSR count). The van der Waals surface area contributed by atoms with Gasteiger partial charge < -0.3 is 37.3 Å². The molecule has 3 saturated heterocycles. The third kappa shape index (κ3) is 7.15. The molecule has 0 N–H and O–H groups in total. The van der Waals surface area contributed by atoms with E-state index in [1.54, 1.807) is 6.92 Å². The number of ether oxygens (including phenoxy) is 6. The van der Waals surface area contributed by atoms with Gasteiger partial charge in [-0.05, 0) is 12.8 Å². The third-order valence-electron chi connectivity index (χ3n) is 8.38. The Labute approximate surface area is 245 Å². The fourth-order valence-electron chi connectivity index (χ4n) is 6.54. The molecule has 0 amide bonds. The molecule has 0 spiro atoms. The summed E-state index contributed by atoms with van der Waals surface area (Å²) in [5, 5.41) is -0.286. The molecular weight excluding hydrogens is 552 g/mol. The fraction of sp³-hybridized carbons (Fsp3) is 0.897. The summed E-state index contributed by atoms with van der Waals surface area (Å²) >= 11 is 0. The number of hydrogen-bond acceptors (Lipinski definition) is 11. The van der Waals surface area contributed by atoms with E-state index in [1.807, 2.05) is 0 Å². The molecule has 41 heavy (non-hydrogen) atoms. The molecule has 12 heteroatoms. The van der Waals surface area contributed by atoms with Crippen LogP contribution in [0.3, 0.4) is 0 Å². The van der Waals surface area contributed by atoms with Crippen molar-refractivity contribution in [2.75, 3.05) is 13.2 Å². The highest BCUT2D eigenvalue weighted by Gasteiger charge is 2.64. The second kappa shape index (κ2) is 12.6. The van der Waals surface area contributed by atoms with Gasteiger partial charge in [-0.2, -0.15) is 0 Å². The fourth-order valence-corrected chi connectivity index (χ4v) is 11.6. The lowest BCUT2D eigenvalue weighted by molar-refractivity contribution is -0.298. The van der Waals surface area contributed by atoms with E-state index >= 15 is 0 Å². The van der Waals surface area contributed by atoms with Crippen LogP contribution >= 0.6 is 0 Å². The first kappa shape index (κ1) is 33.9. The van der Waals surface area contributed by atoms with Crippen LogP contribution in [0, 0.1) is 11.8 Å². The predicted molar refractivity (Wildman–Crippen MR) is 150 cm³/mol. The smallest absolute Gasteiger partial charge is 0.349 e. The van der Waals surface area contributed by atoms with Gasteiger partial charge in [-0.1, -0.05) is 55.4 Å². The minimum absolute atomic E-state index is 0.0175. The van der Waals surface area contributed by atoms with Gasteiger partial charge in [0.25, 0.3) is 0 Å². The SMILES string of the molecule is CC(=O)OC1[C@H](C)OC(CO[C@@H]2OC3CO[Si](C(C)(C)C)(C(C)(C)C)O[C@@H]3[C@H](C)C2C)[C@H](OC(C)=O)[C@@H]1OC(C)=O. The van der Waals surface area contributed by atoms with E-state index in [-0.39, 0.29) is 40.7 Å². The van der Waals surface area contributed by atoms with Gasteiger partial charge in [0, 0.05) is 36.8 Å². The average Bonchev–Trinajstić information content (AvgIpc) is 2.82. The van der Waals surface area contributed by atoms with Gasteiger partial charge in [-0.15, -0.1) is 0 Å². The molecule has 3 fully saturated rings. The zero-order chi connectivity index (χ0) is 31.1. The maximum Gasteiger partial charge on any atom is 0.349 e. The first-order chi connectivity index (χ1) is 18.8. The van der Waals surface area contributed by atoms with Gasteiger partial charge in [0.1, 0.15) is 12.2 Å². The van der Waals surface area contributed by atoms with Crippen molar-refractivity contribution < 1.29 is 51.7 Å². The van der Waals surface area contributed by atoms with E-state index in [4.69, 9.17) is 37.3 Å². The van der Waals surface area contributed by atoms with Gasteiger partial charge >= 0.3 is 26.5 Å². The highest BCUT2D eigenvalue weighted by molar-refractivity contribution is 6.73. The number of esters is 3. The van der Waals surface area contributed by atoms with Crippen LogP contribution in [-0.4, -0.2) is 88.7 Å². The first-order valence-electron chi connectivity index (χ1n) is 14.5. The maximum absolute atomic E-state index is 12.0. The van der Waals surface area contributed by atoms with Crippen LogP contribution in [0.25, 0.3) is 0 Å². The van der Waals surface area contributed by atoms with Gasteiger partial charge in [0.15, 0.2) is 24.6 Å². The normalized spacial score (nSPS) is 37.5. The molecule has 0 aromatic rings. The standard InChI is InChI=1S/C29H50O11Si/c1-15-16(2)27(39-22-14-34-41(28(7,8)9,29(10,11)12)40-23(15)22)33-13-21-25(37-19(5)31)26(38-20(6)32)24(17(3)35-21)36-18(4)30/h15-17,21-27H,13-14H2,1-12H3/t15-,16?,17+,21?,22?,23-,24?,25+,26-,27-/m1/s1. The molecule has 0 radical (unpaired) electrons. The molecule has 3 aliphatic heterocycles. The summed E-state index contributed by atoms with van der Waals surface area (Å²) in [5.74, 6) is -1.71. The van der Waals surface area contributed by atoms with Crippen LogP contribution in [-0.2, 0) is 51.7 Å². The van der Waals surface area contributed by atoms with Crippen LogP contribution in [0.2, 0.25) is 10.1 Å². The molecule has 0 aliphatic carbocycles. The molecular formula is C29H50O11Si. The van der Waals surface area contributed by atoms with E-state index in [2.05, 4.69) is 55.4 Å². The van der Waals surface area contributed by atoms with E-state index < -0.39 is 63.3 Å². The Balaban J connectivity index is 1.78. The maximum atomic E-state index is 12.0. The number of carbonyl (C=O) groups excluding carboxylic acids is 3. The van der Waals surface area contributed by atoms with Crippen molar-refractivity contribution in [2.24, 2.45) is 11.8 Å². The summed E-state index contributed by atoms with van der Waals surface area (Å²) in [6.07, 6.45) is -5.62. The van der Waals surface area contributed by atoms with Crippen molar-refractivity contribution in [2.45, 2.75) is 142 Å². The Bertz CT molecular complexity index is 941. The highest BCUT2D eigenvalue weighted by Crippen LogP contribution is 2.55. The molecule has 0 saturated carbocycles. The largest absolute Gasteiger partial charge is 0.456 e. The minimum Gasteiger partial charge on any atom is -0.456 e. The van der Waals surface area contributed by atoms with Crippen LogP contribution in [0.5, 0.6) is 0 Å². The van der Waals surface area contributed by atoms with Crippen molar-refractivity contribution in [1.82, 2.24) is 0 Å². The molecule has 236 valence electrons. The summed E-state index contributed by atoms with van der Waals surface area (Å²) in [5.41, 5.74) is 0. The number of rotatable bonds is 6. The topological polar surface area (TPSA) is 125 Å². The second-order valence-electron chi connectivity index (χ2n) is 13.7. The summed E-state index contributed by atoms with van der Waals surface area (Å²) in [6.45, 7) is 23.2. The lowest BCUT2D eigenvalue weighted by Gasteiger charge is -2.58. The summed E-state index contributed by atoms with van der Waals surface area (Å²) in [6, 6.07) is 0. The van der Waals surface area contributed by atoms with Crippen molar-refractivity contribution in [3.8, 4) is 0 Å². The molecule has 3 heterocycles. The minimum atomic E-state index is -2.67. The van der Waals surface area contributed by atoms with Crippen LogP contribution < -0.4 is 0 Å². The van der Waals surface area contributed by atoms with Gasteiger partial charge in [0.05, 0.1) is 25.4 Å².